The van der Waals surface area contributed by atoms with E-state index in [9.17, 15) is 14.7 Å². The van der Waals surface area contributed by atoms with E-state index >= 15 is 0 Å². The minimum absolute atomic E-state index is 0.0425. The van der Waals surface area contributed by atoms with Gasteiger partial charge in [-0.1, -0.05) is 30.5 Å². The van der Waals surface area contributed by atoms with Crippen molar-refractivity contribution in [3.63, 3.8) is 0 Å². The minimum Gasteiger partial charge on any atom is -0.496 e. The first kappa shape index (κ1) is 17.3. The third kappa shape index (κ3) is 3.84. The number of hydrogen-bond acceptors (Lipinski definition) is 3. The van der Waals surface area contributed by atoms with Crippen molar-refractivity contribution in [1.82, 2.24) is 5.32 Å². The SMILES string of the molecule is COc1ccc(C)cc1[C@@H](C)NC(=O)CC1(C(=O)O)CCCC1. The number of aliphatic carboxylic acids is 1. The highest BCUT2D eigenvalue weighted by molar-refractivity contribution is 5.85. The number of amides is 1. The van der Waals surface area contributed by atoms with Crippen molar-refractivity contribution in [1.29, 1.82) is 0 Å². The fourth-order valence-corrected chi connectivity index (χ4v) is 3.39. The summed E-state index contributed by atoms with van der Waals surface area (Å²) in [7, 11) is 1.60. The molecule has 1 aromatic rings. The average molecular weight is 319 g/mol. The van der Waals surface area contributed by atoms with Gasteiger partial charge in [-0.25, -0.2) is 0 Å². The van der Waals surface area contributed by atoms with Gasteiger partial charge in [0.1, 0.15) is 5.75 Å². The highest BCUT2D eigenvalue weighted by Crippen LogP contribution is 2.41. The molecule has 5 nitrogen and oxygen atoms in total. The van der Waals surface area contributed by atoms with E-state index in [1.54, 1.807) is 7.11 Å². The zero-order valence-electron chi connectivity index (χ0n) is 14.0. The van der Waals surface area contributed by atoms with Gasteiger partial charge in [0.05, 0.1) is 18.6 Å². The lowest BCUT2D eigenvalue weighted by atomic mass is 9.82. The molecule has 1 saturated carbocycles. The molecule has 1 atom stereocenters. The second-order valence-corrected chi connectivity index (χ2v) is 6.50. The maximum absolute atomic E-state index is 12.4. The first-order valence-corrected chi connectivity index (χ1v) is 8.05. The third-order valence-electron chi connectivity index (χ3n) is 4.74. The van der Waals surface area contributed by atoms with Crippen molar-refractivity contribution in [3.8, 4) is 5.75 Å². The Morgan fingerprint density at radius 1 is 1.35 bits per heavy atom. The maximum Gasteiger partial charge on any atom is 0.310 e. The van der Waals surface area contributed by atoms with Crippen molar-refractivity contribution < 1.29 is 19.4 Å². The highest BCUT2D eigenvalue weighted by Gasteiger charge is 2.43. The molecule has 0 aliphatic heterocycles. The molecular formula is C18H25NO4. The number of hydrogen-bond donors (Lipinski definition) is 2. The Labute approximate surface area is 137 Å². The first-order chi connectivity index (χ1) is 10.9. The van der Waals surface area contributed by atoms with Crippen LogP contribution in [0.5, 0.6) is 5.75 Å². The van der Waals surface area contributed by atoms with Crippen molar-refractivity contribution in [2.24, 2.45) is 5.41 Å². The Kier molecular flexibility index (Phi) is 5.29. The number of carboxylic acid groups (broad SMARTS) is 1. The number of carbonyl (C=O) groups is 2. The molecule has 2 rings (SSSR count). The molecule has 5 heteroatoms. The topological polar surface area (TPSA) is 75.6 Å². The molecule has 126 valence electrons. The van der Waals surface area contributed by atoms with E-state index in [1.165, 1.54) is 0 Å². The van der Waals surface area contributed by atoms with Gasteiger partial charge in [0.15, 0.2) is 0 Å². The molecule has 0 radical (unpaired) electrons. The summed E-state index contributed by atoms with van der Waals surface area (Å²) < 4.78 is 5.35. The molecule has 0 spiro atoms. The fourth-order valence-electron chi connectivity index (χ4n) is 3.39. The Hall–Kier alpha value is -2.04. The van der Waals surface area contributed by atoms with Gasteiger partial charge in [-0.15, -0.1) is 0 Å². The molecule has 0 unspecified atom stereocenters. The lowest BCUT2D eigenvalue weighted by molar-refractivity contribution is -0.151. The molecule has 23 heavy (non-hydrogen) atoms. The monoisotopic (exact) mass is 319 g/mol. The van der Waals surface area contributed by atoms with Gasteiger partial charge in [-0.3, -0.25) is 9.59 Å². The zero-order valence-corrected chi connectivity index (χ0v) is 14.0. The predicted molar refractivity (Wildman–Crippen MR) is 87.4 cm³/mol. The van der Waals surface area contributed by atoms with Crippen molar-refractivity contribution in [2.45, 2.75) is 52.0 Å². The maximum atomic E-state index is 12.4. The summed E-state index contributed by atoms with van der Waals surface area (Å²) in [5, 5.41) is 12.4. The third-order valence-corrected chi connectivity index (χ3v) is 4.74. The van der Waals surface area contributed by atoms with Crippen LogP contribution >= 0.6 is 0 Å². The second-order valence-electron chi connectivity index (χ2n) is 6.50. The molecule has 2 N–H and O–H groups in total. The van der Waals surface area contributed by atoms with E-state index in [1.807, 2.05) is 32.0 Å². The summed E-state index contributed by atoms with van der Waals surface area (Å²) in [5.41, 5.74) is 1.09. The van der Waals surface area contributed by atoms with Crippen LogP contribution in [0.3, 0.4) is 0 Å². The van der Waals surface area contributed by atoms with Crippen molar-refractivity contribution in [2.75, 3.05) is 7.11 Å². The Morgan fingerprint density at radius 2 is 2.00 bits per heavy atom. The number of rotatable bonds is 6. The Morgan fingerprint density at radius 3 is 2.57 bits per heavy atom. The van der Waals surface area contributed by atoms with Crippen LogP contribution in [0, 0.1) is 12.3 Å². The van der Waals surface area contributed by atoms with Crippen LogP contribution in [0.25, 0.3) is 0 Å². The predicted octanol–water partition coefficient (Wildman–Crippen LogP) is 3.22. The van der Waals surface area contributed by atoms with Gasteiger partial charge >= 0.3 is 5.97 Å². The van der Waals surface area contributed by atoms with E-state index in [-0.39, 0.29) is 18.4 Å². The molecule has 1 amide bonds. The lowest BCUT2D eigenvalue weighted by Crippen LogP contribution is -2.36. The Balaban J connectivity index is 2.08. The van der Waals surface area contributed by atoms with Crippen LogP contribution in [0.2, 0.25) is 0 Å². The van der Waals surface area contributed by atoms with E-state index < -0.39 is 11.4 Å². The standard InChI is InChI=1S/C18H25NO4/c1-12-6-7-15(23-3)14(10-12)13(2)19-16(20)11-18(17(21)22)8-4-5-9-18/h6-7,10,13H,4-5,8-9,11H2,1-3H3,(H,19,20)(H,21,22)/t13-/m1/s1. The number of aryl methyl sites for hydroxylation is 1. The van der Waals surface area contributed by atoms with Crippen LogP contribution in [-0.4, -0.2) is 24.1 Å². The summed E-state index contributed by atoms with van der Waals surface area (Å²) in [6.07, 6.45) is 2.96. The Bertz CT molecular complexity index is 591. The van der Waals surface area contributed by atoms with E-state index in [0.717, 1.165) is 29.7 Å². The lowest BCUT2D eigenvalue weighted by Gasteiger charge is -2.25. The molecule has 0 saturated heterocycles. The number of ether oxygens (including phenoxy) is 1. The summed E-state index contributed by atoms with van der Waals surface area (Å²) in [6, 6.07) is 5.58. The summed E-state index contributed by atoms with van der Waals surface area (Å²) in [6.45, 7) is 3.87. The number of nitrogens with one attached hydrogen (secondary N) is 1. The van der Waals surface area contributed by atoms with Crippen LogP contribution in [0.4, 0.5) is 0 Å². The van der Waals surface area contributed by atoms with Gasteiger partial charge in [0.25, 0.3) is 0 Å². The molecular weight excluding hydrogens is 294 g/mol. The molecule has 1 fully saturated rings. The van der Waals surface area contributed by atoms with Gasteiger partial charge in [-0.2, -0.15) is 0 Å². The molecule has 0 bridgehead atoms. The number of methoxy groups -OCH3 is 1. The van der Waals surface area contributed by atoms with E-state index in [4.69, 9.17) is 4.74 Å². The van der Waals surface area contributed by atoms with Crippen LogP contribution < -0.4 is 10.1 Å². The molecule has 0 heterocycles. The average Bonchev–Trinajstić information content (AvgIpc) is 2.96. The van der Waals surface area contributed by atoms with E-state index in [2.05, 4.69) is 5.32 Å². The van der Waals surface area contributed by atoms with Gasteiger partial charge in [-0.05, 0) is 32.8 Å². The van der Waals surface area contributed by atoms with Crippen molar-refractivity contribution >= 4 is 11.9 Å². The van der Waals surface area contributed by atoms with Crippen molar-refractivity contribution in [3.05, 3.63) is 29.3 Å². The zero-order chi connectivity index (χ0) is 17.0. The number of benzene rings is 1. The molecule has 1 aliphatic rings. The highest BCUT2D eigenvalue weighted by atomic mass is 16.5. The number of carboxylic acids is 1. The minimum atomic E-state index is -0.888. The fraction of sp³-hybridized carbons (Fsp3) is 0.556. The largest absolute Gasteiger partial charge is 0.496 e. The van der Waals surface area contributed by atoms with E-state index in [0.29, 0.717) is 12.8 Å². The second kappa shape index (κ2) is 7.02. The first-order valence-electron chi connectivity index (χ1n) is 8.05. The van der Waals surface area contributed by atoms with Gasteiger partial charge in [0.2, 0.25) is 5.91 Å². The van der Waals surface area contributed by atoms with Crippen LogP contribution in [0.15, 0.2) is 18.2 Å². The van der Waals surface area contributed by atoms with Crippen LogP contribution in [0.1, 0.15) is 56.2 Å². The smallest absolute Gasteiger partial charge is 0.310 e. The van der Waals surface area contributed by atoms with Crippen LogP contribution in [-0.2, 0) is 9.59 Å². The van der Waals surface area contributed by atoms with Gasteiger partial charge < -0.3 is 15.2 Å². The summed E-state index contributed by atoms with van der Waals surface area (Å²) in [4.78, 5) is 23.9. The summed E-state index contributed by atoms with van der Waals surface area (Å²) >= 11 is 0. The molecule has 1 aromatic carbocycles. The quantitative estimate of drug-likeness (QED) is 0.844. The molecule has 1 aliphatic carbocycles. The number of carbonyl (C=O) groups excluding carboxylic acids is 1. The summed E-state index contributed by atoms with van der Waals surface area (Å²) in [5.74, 6) is -0.353. The van der Waals surface area contributed by atoms with Gasteiger partial charge in [0, 0.05) is 12.0 Å². The molecule has 0 aromatic heterocycles. The normalized spacial score (nSPS) is 17.5.